The van der Waals surface area contributed by atoms with Gasteiger partial charge in [-0.2, -0.15) is 0 Å². The molecule has 1 aliphatic heterocycles. The highest BCUT2D eigenvalue weighted by Crippen LogP contribution is 2.08. The second kappa shape index (κ2) is 6.95. The van der Waals surface area contributed by atoms with Gasteiger partial charge in [0.05, 0.1) is 12.5 Å². The molecular weight excluding hydrogens is 240 g/mol. The Kier molecular flexibility index (Phi) is 5.57. The summed E-state index contributed by atoms with van der Waals surface area (Å²) >= 11 is 0. The summed E-state index contributed by atoms with van der Waals surface area (Å²) in [6.07, 6.45) is 2.95. The third kappa shape index (κ3) is 4.70. The smallest absolute Gasteiger partial charge is 0.326 e. The zero-order valence-electron chi connectivity index (χ0n) is 10.0. The van der Waals surface area contributed by atoms with Crippen LogP contribution < -0.4 is 10.6 Å². The van der Waals surface area contributed by atoms with Crippen LogP contribution in [0.4, 0.5) is 0 Å². The number of aliphatic carboxylic acids is 2. The Bertz CT molecular complexity index is 323. The van der Waals surface area contributed by atoms with Crippen molar-refractivity contribution in [2.75, 3.05) is 6.54 Å². The molecule has 1 heterocycles. The van der Waals surface area contributed by atoms with Gasteiger partial charge in [0.15, 0.2) is 0 Å². The first-order valence-corrected chi connectivity index (χ1v) is 5.99. The van der Waals surface area contributed by atoms with Gasteiger partial charge in [-0.15, -0.1) is 0 Å². The lowest BCUT2D eigenvalue weighted by Gasteiger charge is -2.18. The third-order valence-electron chi connectivity index (χ3n) is 2.87. The molecule has 1 aliphatic rings. The minimum atomic E-state index is -1.37. The molecule has 1 fully saturated rings. The maximum absolute atomic E-state index is 11.8. The molecule has 1 saturated heterocycles. The van der Waals surface area contributed by atoms with Crippen LogP contribution >= 0.6 is 0 Å². The van der Waals surface area contributed by atoms with Crippen LogP contribution in [0.1, 0.15) is 32.1 Å². The lowest BCUT2D eigenvalue weighted by molar-refractivity contribution is -0.147. The van der Waals surface area contributed by atoms with Gasteiger partial charge in [0.2, 0.25) is 5.91 Å². The highest BCUT2D eigenvalue weighted by atomic mass is 16.4. The summed E-state index contributed by atoms with van der Waals surface area (Å²) in [5.74, 6) is -3.03. The Morgan fingerprint density at radius 2 is 1.94 bits per heavy atom. The molecule has 2 unspecified atom stereocenters. The summed E-state index contributed by atoms with van der Waals surface area (Å²) in [6, 6.07) is -1.80. The zero-order chi connectivity index (χ0) is 13.5. The summed E-state index contributed by atoms with van der Waals surface area (Å²) in [7, 11) is 0. The summed E-state index contributed by atoms with van der Waals surface area (Å²) in [5.41, 5.74) is 0. The molecule has 0 aliphatic carbocycles. The monoisotopic (exact) mass is 258 g/mol. The average molecular weight is 258 g/mol. The van der Waals surface area contributed by atoms with E-state index in [2.05, 4.69) is 10.6 Å². The number of hydrogen-bond donors (Lipinski definition) is 4. The molecule has 0 spiro atoms. The zero-order valence-corrected chi connectivity index (χ0v) is 10.0. The molecule has 7 heteroatoms. The Balaban J connectivity index is 2.53. The van der Waals surface area contributed by atoms with Gasteiger partial charge in [0, 0.05) is 0 Å². The van der Waals surface area contributed by atoms with Crippen molar-refractivity contribution in [3.63, 3.8) is 0 Å². The molecule has 0 saturated carbocycles. The van der Waals surface area contributed by atoms with Crippen molar-refractivity contribution in [2.45, 2.75) is 44.2 Å². The van der Waals surface area contributed by atoms with Gasteiger partial charge in [-0.05, 0) is 19.4 Å². The summed E-state index contributed by atoms with van der Waals surface area (Å²) in [5, 5.41) is 22.7. The predicted octanol–water partition coefficient (Wildman–Crippen LogP) is -0.437. The van der Waals surface area contributed by atoms with Crippen LogP contribution in [0.2, 0.25) is 0 Å². The fourth-order valence-electron chi connectivity index (χ4n) is 1.90. The fourth-order valence-corrected chi connectivity index (χ4v) is 1.90. The number of amides is 1. The van der Waals surface area contributed by atoms with E-state index in [0.29, 0.717) is 6.42 Å². The van der Waals surface area contributed by atoms with E-state index in [9.17, 15) is 14.4 Å². The molecule has 1 amide bonds. The lowest BCUT2D eigenvalue weighted by Crippen LogP contribution is -2.50. The number of nitrogens with one attached hydrogen (secondary N) is 2. The van der Waals surface area contributed by atoms with E-state index >= 15 is 0 Å². The van der Waals surface area contributed by atoms with Crippen molar-refractivity contribution in [3.05, 3.63) is 0 Å². The Morgan fingerprint density at radius 1 is 1.22 bits per heavy atom. The molecule has 7 nitrogen and oxygen atoms in total. The van der Waals surface area contributed by atoms with Crippen LogP contribution in [0.5, 0.6) is 0 Å². The first-order chi connectivity index (χ1) is 8.50. The minimum Gasteiger partial charge on any atom is -0.481 e. The average Bonchev–Trinajstić information content (AvgIpc) is 2.55. The van der Waals surface area contributed by atoms with Gasteiger partial charge in [-0.3, -0.25) is 9.59 Å². The standard InChI is InChI=1S/C11H18N2O5/c14-9(15)6-8(11(17)18)13-10(16)7-4-2-1-3-5-12-7/h7-8,12H,1-6H2,(H,13,16)(H,14,15)(H,17,18). The van der Waals surface area contributed by atoms with E-state index in [0.717, 1.165) is 25.8 Å². The SMILES string of the molecule is O=C(O)CC(NC(=O)C1CCCCCN1)C(=O)O. The summed E-state index contributed by atoms with van der Waals surface area (Å²) in [6.45, 7) is 0.717. The van der Waals surface area contributed by atoms with Crippen LogP contribution in [0.15, 0.2) is 0 Å². The number of carboxylic acid groups (broad SMARTS) is 2. The molecule has 0 aromatic heterocycles. The Labute approximate surface area is 105 Å². The Hall–Kier alpha value is -1.63. The number of hydrogen-bond acceptors (Lipinski definition) is 4. The van der Waals surface area contributed by atoms with E-state index < -0.39 is 36.4 Å². The molecule has 0 aromatic rings. The molecule has 0 bridgehead atoms. The van der Waals surface area contributed by atoms with Crippen molar-refractivity contribution in [1.29, 1.82) is 0 Å². The molecule has 102 valence electrons. The van der Waals surface area contributed by atoms with Crippen LogP contribution in [-0.2, 0) is 14.4 Å². The molecule has 2 atom stereocenters. The van der Waals surface area contributed by atoms with Crippen molar-refractivity contribution in [1.82, 2.24) is 10.6 Å². The topological polar surface area (TPSA) is 116 Å². The molecule has 0 aromatic carbocycles. The van der Waals surface area contributed by atoms with Crippen LogP contribution in [-0.4, -0.2) is 46.7 Å². The van der Waals surface area contributed by atoms with E-state index in [1.54, 1.807) is 0 Å². The predicted molar refractivity (Wildman–Crippen MR) is 62.1 cm³/mol. The van der Waals surface area contributed by atoms with Crippen LogP contribution in [0, 0.1) is 0 Å². The molecule has 4 N–H and O–H groups in total. The third-order valence-corrected chi connectivity index (χ3v) is 2.87. The van der Waals surface area contributed by atoms with Gasteiger partial charge in [-0.25, -0.2) is 4.79 Å². The molecular formula is C11H18N2O5. The van der Waals surface area contributed by atoms with Gasteiger partial charge in [-0.1, -0.05) is 12.8 Å². The second-order valence-corrected chi connectivity index (χ2v) is 4.35. The maximum atomic E-state index is 11.8. The maximum Gasteiger partial charge on any atom is 0.326 e. The van der Waals surface area contributed by atoms with Crippen LogP contribution in [0.25, 0.3) is 0 Å². The fraction of sp³-hybridized carbons (Fsp3) is 0.727. The number of carboxylic acids is 2. The first kappa shape index (κ1) is 14.4. The second-order valence-electron chi connectivity index (χ2n) is 4.35. The van der Waals surface area contributed by atoms with Gasteiger partial charge >= 0.3 is 11.9 Å². The molecule has 1 rings (SSSR count). The van der Waals surface area contributed by atoms with Gasteiger partial charge in [0.25, 0.3) is 0 Å². The van der Waals surface area contributed by atoms with Gasteiger partial charge < -0.3 is 20.8 Å². The largest absolute Gasteiger partial charge is 0.481 e. The van der Waals surface area contributed by atoms with Crippen molar-refractivity contribution >= 4 is 17.8 Å². The Morgan fingerprint density at radius 3 is 2.56 bits per heavy atom. The highest BCUT2D eigenvalue weighted by Gasteiger charge is 2.27. The van der Waals surface area contributed by atoms with Gasteiger partial charge in [0.1, 0.15) is 6.04 Å². The van der Waals surface area contributed by atoms with E-state index in [-0.39, 0.29) is 0 Å². The van der Waals surface area contributed by atoms with E-state index in [1.165, 1.54) is 0 Å². The van der Waals surface area contributed by atoms with Crippen molar-refractivity contribution in [2.24, 2.45) is 0 Å². The summed E-state index contributed by atoms with van der Waals surface area (Å²) in [4.78, 5) is 33.1. The van der Waals surface area contributed by atoms with E-state index in [1.807, 2.05) is 0 Å². The number of carbonyl (C=O) groups is 3. The molecule has 0 radical (unpaired) electrons. The number of rotatable bonds is 5. The normalized spacial score (nSPS) is 21.7. The quantitative estimate of drug-likeness (QED) is 0.531. The molecule has 18 heavy (non-hydrogen) atoms. The number of carbonyl (C=O) groups excluding carboxylic acids is 1. The van der Waals surface area contributed by atoms with Crippen molar-refractivity contribution in [3.8, 4) is 0 Å². The summed E-state index contributed by atoms with van der Waals surface area (Å²) < 4.78 is 0. The van der Waals surface area contributed by atoms with Crippen molar-refractivity contribution < 1.29 is 24.6 Å². The van der Waals surface area contributed by atoms with Crippen LogP contribution in [0.3, 0.4) is 0 Å². The minimum absolute atomic E-state index is 0.428. The van der Waals surface area contributed by atoms with E-state index in [4.69, 9.17) is 10.2 Å². The lowest BCUT2D eigenvalue weighted by atomic mass is 10.1. The highest BCUT2D eigenvalue weighted by molar-refractivity contribution is 5.89. The first-order valence-electron chi connectivity index (χ1n) is 5.99.